The van der Waals surface area contributed by atoms with E-state index in [2.05, 4.69) is 27.1 Å². The third kappa shape index (κ3) is 9.74. The Morgan fingerprint density at radius 1 is 0.552 bits per heavy atom. The molecule has 0 aromatic rings. The molecule has 1 aliphatic heterocycles. The van der Waals surface area contributed by atoms with E-state index < -0.39 is 51.8 Å². The minimum Gasteiger partial charge on any atom is -0.303 e. The first-order valence-corrected chi connectivity index (χ1v) is 16.5. The van der Waals surface area contributed by atoms with Crippen molar-refractivity contribution in [2.24, 2.45) is 22.6 Å². The van der Waals surface area contributed by atoms with Gasteiger partial charge < -0.3 is 13.6 Å². The summed E-state index contributed by atoms with van der Waals surface area (Å²) in [6.07, 6.45) is 0.557. The van der Waals surface area contributed by atoms with Crippen LogP contribution in [0.25, 0.3) is 0 Å². The van der Waals surface area contributed by atoms with E-state index in [4.69, 9.17) is 9.05 Å². The van der Waals surface area contributed by atoms with Crippen LogP contribution in [-0.2, 0) is 13.6 Å². The Morgan fingerprint density at radius 2 is 0.897 bits per heavy atom. The third-order valence-electron chi connectivity index (χ3n) is 2.58. The van der Waals surface area contributed by atoms with Crippen LogP contribution < -0.4 is 0 Å². The van der Waals surface area contributed by atoms with Crippen LogP contribution in [0.1, 0.15) is 40.0 Å². The van der Waals surface area contributed by atoms with Crippen LogP contribution in [0.2, 0.25) is 0 Å². The zero-order valence-corrected chi connectivity index (χ0v) is 20.7. The molecular formula is C10H24F6N5O3P5. The van der Waals surface area contributed by atoms with Gasteiger partial charge >= 0.3 is 31.1 Å². The van der Waals surface area contributed by atoms with Gasteiger partial charge in [0, 0.05) is 6.66 Å². The van der Waals surface area contributed by atoms with Gasteiger partial charge in [0.2, 0.25) is 7.52 Å². The highest BCUT2D eigenvalue weighted by atomic mass is 31.3. The number of halogens is 6. The first-order valence-electron chi connectivity index (χ1n) is 8.50. The van der Waals surface area contributed by atoms with Gasteiger partial charge in [-0.2, -0.15) is 25.8 Å². The van der Waals surface area contributed by atoms with Gasteiger partial charge in [-0.15, -0.1) is 21.9 Å². The average molecular weight is 531 g/mol. The third-order valence-corrected chi connectivity index (χ3v) is 13.7. The lowest BCUT2D eigenvalue weighted by Gasteiger charge is -2.20. The maximum atomic E-state index is 15.3. The molecular weight excluding hydrogens is 507 g/mol. The summed E-state index contributed by atoms with van der Waals surface area (Å²) < 4.78 is 117. The first-order chi connectivity index (χ1) is 13.2. The second-order valence-electron chi connectivity index (χ2n) is 5.63. The van der Waals surface area contributed by atoms with Gasteiger partial charge in [-0.3, -0.25) is 0 Å². The largest absolute Gasteiger partial charge is 0.423 e. The van der Waals surface area contributed by atoms with Crippen molar-refractivity contribution < 1.29 is 38.8 Å². The van der Waals surface area contributed by atoms with Gasteiger partial charge in [-0.25, -0.2) is 0 Å². The summed E-state index contributed by atoms with van der Waals surface area (Å²) in [5.74, 6) is 0. The fourth-order valence-corrected chi connectivity index (χ4v) is 12.9. The fraction of sp³-hybridized carbons (Fsp3) is 1.00. The zero-order valence-electron chi connectivity index (χ0n) is 16.2. The maximum Gasteiger partial charge on any atom is 0.423 e. The standard InChI is InChI=1S/C10H24F6N5O3P5/c1-5-8-22-27(14)18-25(4,11)17-26(12,13)19-28(15,23-9-6-2)21-29(16,20-27)24-10-7-3/h5-10H2,1-4H3. The minimum atomic E-state index is -6.07. The predicted octanol–water partition coefficient (Wildman–Crippen LogP) is 10.5. The Labute approximate surface area is 167 Å². The van der Waals surface area contributed by atoms with E-state index in [1.807, 2.05) is 0 Å². The number of hydrogen-bond donors (Lipinski definition) is 0. The Hall–Kier alpha value is 0.610. The maximum absolute atomic E-state index is 15.3. The zero-order chi connectivity index (χ0) is 22.4. The van der Waals surface area contributed by atoms with E-state index in [1.165, 1.54) is 6.92 Å². The lowest BCUT2D eigenvalue weighted by Crippen LogP contribution is -1.92. The molecule has 0 bridgehead atoms. The second-order valence-corrected chi connectivity index (χ2v) is 15.4. The summed E-state index contributed by atoms with van der Waals surface area (Å²) in [6, 6.07) is 0. The van der Waals surface area contributed by atoms with Crippen molar-refractivity contribution in [3.05, 3.63) is 0 Å². The van der Waals surface area contributed by atoms with Gasteiger partial charge in [0.05, 0.1) is 19.8 Å². The molecule has 1 rings (SSSR count). The molecule has 4 unspecified atom stereocenters. The topological polar surface area (TPSA) is 89.5 Å². The summed E-state index contributed by atoms with van der Waals surface area (Å²) in [5, 5.41) is 0. The van der Waals surface area contributed by atoms with Crippen LogP contribution >= 0.6 is 38.6 Å². The van der Waals surface area contributed by atoms with Gasteiger partial charge in [0.1, 0.15) is 0 Å². The van der Waals surface area contributed by atoms with Crippen molar-refractivity contribution >= 4 is 38.6 Å². The molecule has 0 saturated carbocycles. The summed E-state index contributed by atoms with van der Waals surface area (Å²) >= 11 is 0. The van der Waals surface area contributed by atoms with E-state index in [9.17, 15) is 12.6 Å². The highest BCUT2D eigenvalue weighted by Gasteiger charge is 2.39. The van der Waals surface area contributed by atoms with E-state index in [0.29, 0.717) is 6.66 Å². The van der Waals surface area contributed by atoms with Gasteiger partial charge in [-0.05, 0) is 19.3 Å². The van der Waals surface area contributed by atoms with Crippen molar-refractivity contribution in [3.63, 3.8) is 0 Å². The van der Waals surface area contributed by atoms with Crippen LogP contribution in [0.3, 0.4) is 0 Å². The molecule has 0 aliphatic carbocycles. The Morgan fingerprint density at radius 3 is 1.28 bits per heavy atom. The van der Waals surface area contributed by atoms with E-state index in [1.54, 1.807) is 13.8 Å². The molecule has 1 heterocycles. The van der Waals surface area contributed by atoms with Crippen molar-refractivity contribution in [1.82, 2.24) is 0 Å². The van der Waals surface area contributed by atoms with Crippen molar-refractivity contribution in [1.29, 1.82) is 0 Å². The second kappa shape index (κ2) is 11.0. The first kappa shape index (κ1) is 27.6. The van der Waals surface area contributed by atoms with Gasteiger partial charge in [0.15, 0.2) is 0 Å². The fourth-order valence-electron chi connectivity index (χ4n) is 1.67. The Balaban J connectivity index is 3.98. The SMILES string of the molecule is CCCOP1(F)=NP(C)(F)=NP(F)(F)=NP(F)(OCCC)=NP(F)(OCCC)=N1. The number of nitrogens with zero attached hydrogens (tertiary/aromatic N) is 5. The van der Waals surface area contributed by atoms with E-state index >= 15 is 12.6 Å². The summed E-state index contributed by atoms with van der Waals surface area (Å²) in [4.78, 5) is 0. The highest BCUT2D eigenvalue weighted by Crippen LogP contribution is 2.81. The van der Waals surface area contributed by atoms with E-state index in [0.717, 1.165) is 0 Å². The van der Waals surface area contributed by atoms with Crippen molar-refractivity contribution in [2.75, 3.05) is 26.5 Å². The predicted molar refractivity (Wildman–Crippen MR) is 108 cm³/mol. The van der Waals surface area contributed by atoms with Gasteiger partial charge in [0.25, 0.3) is 0 Å². The Kier molecular flexibility index (Phi) is 10.4. The molecule has 174 valence electrons. The lowest BCUT2D eigenvalue weighted by molar-refractivity contribution is 0.311. The molecule has 0 saturated heterocycles. The molecule has 0 aromatic heterocycles. The molecule has 0 spiro atoms. The summed E-state index contributed by atoms with van der Waals surface area (Å²) in [6.45, 7) is 3.93. The molecule has 8 nitrogen and oxygen atoms in total. The summed E-state index contributed by atoms with van der Waals surface area (Å²) in [7, 11) is -26.9. The highest BCUT2D eigenvalue weighted by molar-refractivity contribution is 7.79. The van der Waals surface area contributed by atoms with E-state index in [-0.39, 0.29) is 25.9 Å². The summed E-state index contributed by atoms with van der Waals surface area (Å²) in [5.41, 5.74) is 0. The van der Waals surface area contributed by atoms with Crippen LogP contribution in [-0.4, -0.2) is 26.5 Å². The molecule has 19 heteroatoms. The molecule has 1 aliphatic rings. The van der Waals surface area contributed by atoms with Crippen LogP contribution in [0.5, 0.6) is 0 Å². The smallest absolute Gasteiger partial charge is 0.303 e. The molecule has 4 atom stereocenters. The van der Waals surface area contributed by atoms with Crippen LogP contribution in [0, 0.1) is 0 Å². The monoisotopic (exact) mass is 531 g/mol. The van der Waals surface area contributed by atoms with Gasteiger partial charge in [-0.1, -0.05) is 20.8 Å². The molecule has 0 N–H and O–H groups in total. The molecule has 0 radical (unpaired) electrons. The quantitative estimate of drug-likeness (QED) is 0.219. The van der Waals surface area contributed by atoms with Crippen LogP contribution in [0.4, 0.5) is 25.2 Å². The van der Waals surface area contributed by atoms with Crippen molar-refractivity contribution in [2.45, 2.75) is 40.0 Å². The van der Waals surface area contributed by atoms with Crippen LogP contribution in [0.15, 0.2) is 22.6 Å². The molecule has 0 aromatic carbocycles. The molecule has 29 heavy (non-hydrogen) atoms. The molecule has 0 fully saturated rings. The number of rotatable bonds is 9. The lowest BCUT2D eigenvalue weighted by atomic mass is 10.5. The number of hydrogen-bond acceptors (Lipinski definition) is 8. The average Bonchev–Trinajstić information content (AvgIpc) is 2.53. The Bertz CT molecular complexity index is 840. The minimum absolute atomic E-state index is 0.158. The molecule has 0 amide bonds. The van der Waals surface area contributed by atoms with Crippen molar-refractivity contribution in [3.8, 4) is 0 Å². The normalized spacial score (nSPS) is 37.3.